The summed E-state index contributed by atoms with van der Waals surface area (Å²) in [5, 5.41) is 41.4. The average Bonchev–Trinajstić information content (AvgIpc) is 3.36. The van der Waals surface area contributed by atoms with Gasteiger partial charge in [-0.25, -0.2) is 4.68 Å². The zero-order chi connectivity index (χ0) is 19.7. The Morgan fingerprint density at radius 3 is 2.86 bits per heavy atom. The lowest BCUT2D eigenvalue weighted by Gasteiger charge is -2.41. The van der Waals surface area contributed by atoms with Crippen molar-refractivity contribution in [3.05, 3.63) is 46.6 Å². The predicted molar refractivity (Wildman–Crippen MR) is 108 cm³/mol. The van der Waals surface area contributed by atoms with E-state index in [1.54, 1.807) is 18.6 Å². The van der Waals surface area contributed by atoms with Crippen LogP contribution in [0.15, 0.2) is 51.5 Å². The van der Waals surface area contributed by atoms with Crippen molar-refractivity contribution in [1.29, 1.82) is 0 Å². The van der Waals surface area contributed by atoms with Crippen molar-refractivity contribution in [2.45, 2.75) is 34.7 Å². The summed E-state index contributed by atoms with van der Waals surface area (Å²) in [5.74, 6) is 0. The second kappa shape index (κ2) is 8.57. The van der Waals surface area contributed by atoms with Crippen LogP contribution in [0.3, 0.4) is 0 Å². The van der Waals surface area contributed by atoms with Gasteiger partial charge in [-0.1, -0.05) is 23.0 Å². The molecule has 0 radical (unpaired) electrons. The molecule has 4 rings (SSSR count). The summed E-state index contributed by atoms with van der Waals surface area (Å²) in [4.78, 5) is 5.83. The van der Waals surface area contributed by atoms with Crippen molar-refractivity contribution in [3.63, 3.8) is 0 Å². The van der Waals surface area contributed by atoms with E-state index in [1.807, 2.05) is 23.6 Å². The largest absolute Gasteiger partial charge is 0.394 e. The number of hydrogen-bond acceptors (Lipinski definition) is 9. The van der Waals surface area contributed by atoms with Gasteiger partial charge in [0.1, 0.15) is 35.5 Å². The Labute approximate surface area is 177 Å². The molecule has 1 aliphatic heterocycles. The third-order valence-electron chi connectivity index (χ3n) is 4.37. The molecule has 3 unspecified atom stereocenters. The van der Waals surface area contributed by atoms with Gasteiger partial charge in [-0.3, -0.25) is 4.98 Å². The fraction of sp³-hybridized carbons (Fsp3) is 0.353. The summed E-state index contributed by atoms with van der Waals surface area (Å²) in [7, 11) is 0. The number of halogens is 1. The highest BCUT2D eigenvalue weighted by Gasteiger charge is 2.46. The first kappa shape index (κ1) is 20.0. The van der Waals surface area contributed by atoms with Crippen molar-refractivity contribution in [2.24, 2.45) is 0 Å². The smallest absolute Gasteiger partial charge is 0.136 e. The Balaban J connectivity index is 1.61. The number of pyridine rings is 1. The van der Waals surface area contributed by atoms with E-state index in [-0.39, 0.29) is 6.61 Å². The first-order valence-electron chi connectivity index (χ1n) is 8.42. The maximum atomic E-state index is 10.9. The molecule has 28 heavy (non-hydrogen) atoms. The van der Waals surface area contributed by atoms with Gasteiger partial charge < -0.3 is 20.1 Å². The maximum absolute atomic E-state index is 10.9. The molecule has 1 saturated heterocycles. The van der Waals surface area contributed by atoms with E-state index in [2.05, 4.69) is 31.2 Å². The number of hydrogen-bond donors (Lipinski definition) is 3. The number of aliphatic hydroxyl groups excluding tert-OH is 3. The van der Waals surface area contributed by atoms with Crippen LogP contribution in [0.2, 0.25) is 0 Å². The van der Waals surface area contributed by atoms with E-state index < -0.39 is 29.8 Å². The monoisotopic (exact) mass is 484 g/mol. The summed E-state index contributed by atoms with van der Waals surface area (Å²) in [5.41, 5.74) is -0.0714. The normalized spacial score (nSPS) is 27.8. The molecule has 0 aromatic carbocycles. The molecule has 3 aromatic heterocycles. The van der Waals surface area contributed by atoms with Gasteiger partial charge in [-0.15, -0.1) is 16.4 Å². The molecule has 5 atom stereocenters. The number of nitrogens with zero attached hydrogens (tertiary/aromatic N) is 4. The third kappa shape index (κ3) is 4.01. The molecular weight excluding hydrogens is 468 g/mol. The molecule has 148 valence electrons. The molecular formula is C17H17BrN4O4S2. The van der Waals surface area contributed by atoms with Gasteiger partial charge in [-0.2, -0.15) is 0 Å². The van der Waals surface area contributed by atoms with E-state index in [9.17, 15) is 15.3 Å². The van der Waals surface area contributed by atoms with Crippen molar-refractivity contribution in [3.8, 4) is 10.6 Å². The highest BCUT2D eigenvalue weighted by atomic mass is 79.9. The SMILES string of the molecule is OCC1O[C@H](Sc2cncc(Br)c2)C(O)C(n2cc(-c3cccs3)nn2)[C@H]1O. The molecule has 8 nitrogen and oxygen atoms in total. The van der Waals surface area contributed by atoms with Gasteiger partial charge in [-0.05, 0) is 33.4 Å². The number of ether oxygens (including phenoxy) is 1. The van der Waals surface area contributed by atoms with Gasteiger partial charge in [0.15, 0.2) is 0 Å². The molecule has 3 aromatic rings. The molecule has 0 spiro atoms. The molecule has 3 N–H and O–H groups in total. The third-order valence-corrected chi connectivity index (χ3v) is 6.81. The Morgan fingerprint density at radius 1 is 1.29 bits per heavy atom. The highest BCUT2D eigenvalue weighted by molar-refractivity contribution is 9.10. The quantitative estimate of drug-likeness (QED) is 0.503. The summed E-state index contributed by atoms with van der Waals surface area (Å²) in [6, 6.07) is 4.87. The molecule has 0 aliphatic carbocycles. The Bertz CT molecular complexity index is 926. The summed E-state index contributed by atoms with van der Waals surface area (Å²) in [6.07, 6.45) is 1.91. The zero-order valence-electron chi connectivity index (χ0n) is 14.4. The van der Waals surface area contributed by atoms with Crippen LogP contribution in [0.5, 0.6) is 0 Å². The first-order chi connectivity index (χ1) is 13.6. The number of thiophene rings is 1. The molecule has 0 amide bonds. The van der Waals surface area contributed by atoms with Crippen LogP contribution >= 0.6 is 39.0 Å². The number of thioether (sulfide) groups is 1. The number of aromatic nitrogens is 4. The molecule has 4 heterocycles. The van der Waals surface area contributed by atoms with Gasteiger partial charge >= 0.3 is 0 Å². The summed E-state index contributed by atoms with van der Waals surface area (Å²) in [6.45, 7) is -0.384. The number of rotatable bonds is 5. The van der Waals surface area contributed by atoms with E-state index in [1.165, 1.54) is 27.8 Å². The van der Waals surface area contributed by atoms with Gasteiger partial charge in [0.25, 0.3) is 0 Å². The molecule has 1 fully saturated rings. The lowest BCUT2D eigenvalue weighted by Crippen LogP contribution is -2.55. The molecule has 1 aliphatic rings. The van der Waals surface area contributed by atoms with Crippen molar-refractivity contribution >= 4 is 39.0 Å². The van der Waals surface area contributed by atoms with E-state index in [0.717, 1.165) is 14.2 Å². The average molecular weight is 485 g/mol. The minimum absolute atomic E-state index is 0.384. The van der Waals surface area contributed by atoms with Crippen LogP contribution in [0.4, 0.5) is 0 Å². The lowest BCUT2D eigenvalue weighted by atomic mass is 9.97. The van der Waals surface area contributed by atoms with Crippen LogP contribution in [0, 0.1) is 0 Å². The molecule has 0 saturated carbocycles. The highest BCUT2D eigenvalue weighted by Crippen LogP contribution is 2.38. The topological polar surface area (TPSA) is 114 Å². The van der Waals surface area contributed by atoms with E-state index in [0.29, 0.717) is 5.69 Å². The summed E-state index contributed by atoms with van der Waals surface area (Å²) < 4.78 is 7.99. The van der Waals surface area contributed by atoms with Crippen LogP contribution in [-0.4, -0.2) is 65.7 Å². The van der Waals surface area contributed by atoms with Crippen molar-refractivity contribution in [2.75, 3.05) is 6.61 Å². The first-order valence-corrected chi connectivity index (χ1v) is 11.0. The molecule has 0 bridgehead atoms. The maximum Gasteiger partial charge on any atom is 0.136 e. The standard InChI is InChI=1S/C17H17BrN4O4S2/c18-9-4-10(6-19-5-9)28-17-16(25)14(15(24)12(8-23)26-17)22-7-11(20-21-22)13-2-1-3-27-13/h1-7,12,14-17,23-25H,8H2/t12?,14?,15-,16?,17+/m0/s1. The van der Waals surface area contributed by atoms with Crippen LogP contribution in [0.25, 0.3) is 10.6 Å². The Morgan fingerprint density at radius 2 is 2.14 bits per heavy atom. The van der Waals surface area contributed by atoms with Crippen molar-refractivity contribution < 1.29 is 20.1 Å². The second-order valence-electron chi connectivity index (χ2n) is 6.22. The van der Waals surface area contributed by atoms with Crippen LogP contribution in [-0.2, 0) is 4.74 Å². The Kier molecular flexibility index (Phi) is 6.11. The van der Waals surface area contributed by atoms with Gasteiger partial charge in [0.05, 0.1) is 17.7 Å². The summed E-state index contributed by atoms with van der Waals surface area (Å²) >= 11 is 6.16. The van der Waals surface area contributed by atoms with E-state index in [4.69, 9.17) is 4.74 Å². The van der Waals surface area contributed by atoms with Crippen molar-refractivity contribution in [1.82, 2.24) is 20.0 Å². The number of aliphatic hydroxyl groups is 3. The fourth-order valence-electron chi connectivity index (χ4n) is 3.03. The minimum Gasteiger partial charge on any atom is -0.394 e. The lowest BCUT2D eigenvalue weighted by molar-refractivity contribution is -0.178. The fourth-order valence-corrected chi connectivity index (χ4v) is 5.30. The van der Waals surface area contributed by atoms with Gasteiger partial charge in [0.2, 0.25) is 0 Å². The van der Waals surface area contributed by atoms with Crippen LogP contribution < -0.4 is 0 Å². The van der Waals surface area contributed by atoms with Gasteiger partial charge in [0, 0.05) is 21.8 Å². The van der Waals surface area contributed by atoms with E-state index >= 15 is 0 Å². The Hall–Kier alpha value is -1.34. The molecule has 11 heteroatoms. The minimum atomic E-state index is -1.14. The second-order valence-corrected chi connectivity index (χ2v) is 9.25. The van der Waals surface area contributed by atoms with Crippen LogP contribution in [0.1, 0.15) is 6.04 Å². The predicted octanol–water partition coefficient (Wildman–Crippen LogP) is 1.94. The zero-order valence-corrected chi connectivity index (χ0v) is 17.6.